The van der Waals surface area contributed by atoms with Crippen molar-refractivity contribution >= 4 is 17.6 Å². The van der Waals surface area contributed by atoms with Crippen molar-refractivity contribution in [3.63, 3.8) is 0 Å². The Bertz CT molecular complexity index is 931. The molecule has 2 aliphatic rings. The van der Waals surface area contributed by atoms with Gasteiger partial charge in [0.25, 0.3) is 0 Å². The average Bonchev–Trinajstić information content (AvgIpc) is 2.81. The number of rotatable bonds is 7. The van der Waals surface area contributed by atoms with E-state index in [-0.39, 0.29) is 18.0 Å². The molecule has 2 fully saturated rings. The number of para-hydroxylation sites is 1. The Hall–Kier alpha value is -2.94. The fourth-order valence-corrected chi connectivity index (χ4v) is 4.57. The van der Waals surface area contributed by atoms with Crippen LogP contribution in [0.2, 0.25) is 0 Å². The van der Waals surface area contributed by atoms with E-state index in [9.17, 15) is 14.7 Å². The van der Waals surface area contributed by atoms with Crippen molar-refractivity contribution < 1.29 is 14.7 Å². The summed E-state index contributed by atoms with van der Waals surface area (Å²) >= 11 is 0. The summed E-state index contributed by atoms with van der Waals surface area (Å²) in [7, 11) is 0. The summed E-state index contributed by atoms with van der Waals surface area (Å²) in [5.41, 5.74) is 2.84. The van der Waals surface area contributed by atoms with Crippen LogP contribution in [0.4, 0.5) is 10.5 Å². The molecule has 33 heavy (non-hydrogen) atoms. The van der Waals surface area contributed by atoms with Crippen LogP contribution >= 0.6 is 0 Å². The lowest BCUT2D eigenvalue weighted by Crippen LogP contribution is -2.52. The van der Waals surface area contributed by atoms with Gasteiger partial charge in [0, 0.05) is 50.9 Å². The van der Waals surface area contributed by atoms with Crippen LogP contribution in [0.25, 0.3) is 11.1 Å². The molecule has 8 nitrogen and oxygen atoms in total. The number of amides is 3. The van der Waals surface area contributed by atoms with Crippen LogP contribution in [0.15, 0.2) is 54.6 Å². The number of aliphatic hydroxyl groups excluding tert-OH is 1. The van der Waals surface area contributed by atoms with E-state index in [1.165, 1.54) is 0 Å². The summed E-state index contributed by atoms with van der Waals surface area (Å²) in [6.07, 6.45) is 1.19. The Morgan fingerprint density at radius 2 is 1.70 bits per heavy atom. The van der Waals surface area contributed by atoms with Gasteiger partial charge in [0.05, 0.1) is 18.3 Å². The first-order valence-corrected chi connectivity index (χ1v) is 11.7. The van der Waals surface area contributed by atoms with E-state index in [1.807, 2.05) is 59.5 Å². The molecule has 8 heteroatoms. The highest BCUT2D eigenvalue weighted by molar-refractivity contribution is 5.94. The second kappa shape index (κ2) is 11.3. The first-order valence-electron chi connectivity index (χ1n) is 11.7. The standard InChI is InChI=1S/C25H33N5O3/c31-21(17-30-15-12-26-24(32)18-30)16-29-13-10-20(11-14-29)27-25(33)28-23-9-5-4-8-22(23)19-6-2-1-3-7-19/h1-9,20-21,31H,10-18H2,(H,26,32)(H2,27,28,33). The molecule has 4 rings (SSSR count). The Morgan fingerprint density at radius 3 is 2.45 bits per heavy atom. The van der Waals surface area contributed by atoms with Gasteiger partial charge < -0.3 is 26.0 Å². The molecule has 2 saturated heterocycles. The van der Waals surface area contributed by atoms with Gasteiger partial charge in [0.2, 0.25) is 5.91 Å². The number of nitrogens with one attached hydrogen (secondary N) is 3. The lowest BCUT2D eigenvalue weighted by molar-refractivity contribution is -0.124. The number of nitrogens with zero attached hydrogens (tertiary/aromatic N) is 2. The van der Waals surface area contributed by atoms with E-state index in [4.69, 9.17) is 0 Å². The maximum atomic E-state index is 12.7. The molecule has 2 aliphatic heterocycles. The van der Waals surface area contributed by atoms with Crippen molar-refractivity contribution in [3.8, 4) is 11.1 Å². The zero-order chi connectivity index (χ0) is 23.0. The summed E-state index contributed by atoms with van der Waals surface area (Å²) in [6.45, 7) is 4.51. The van der Waals surface area contributed by atoms with Gasteiger partial charge in [-0.05, 0) is 24.5 Å². The number of piperidine rings is 1. The van der Waals surface area contributed by atoms with Crippen LogP contribution in [0.5, 0.6) is 0 Å². The molecule has 2 heterocycles. The maximum Gasteiger partial charge on any atom is 0.319 e. The average molecular weight is 452 g/mol. The van der Waals surface area contributed by atoms with Crippen molar-refractivity contribution in [1.82, 2.24) is 20.4 Å². The molecule has 2 aromatic carbocycles. The van der Waals surface area contributed by atoms with Crippen molar-refractivity contribution in [1.29, 1.82) is 0 Å². The van der Waals surface area contributed by atoms with Crippen molar-refractivity contribution in [2.45, 2.75) is 25.0 Å². The highest BCUT2D eigenvalue weighted by atomic mass is 16.3. The minimum absolute atomic E-state index is 0.0185. The predicted molar refractivity (Wildman–Crippen MR) is 129 cm³/mol. The molecule has 176 valence electrons. The van der Waals surface area contributed by atoms with E-state index in [1.54, 1.807) is 0 Å². The largest absolute Gasteiger partial charge is 0.390 e. The van der Waals surface area contributed by atoms with Crippen LogP contribution in [0.1, 0.15) is 12.8 Å². The number of hydrogen-bond donors (Lipinski definition) is 4. The Morgan fingerprint density at radius 1 is 1.00 bits per heavy atom. The smallest absolute Gasteiger partial charge is 0.319 e. The lowest BCUT2D eigenvalue weighted by Gasteiger charge is -2.35. The molecule has 0 radical (unpaired) electrons. The second-order valence-electron chi connectivity index (χ2n) is 8.82. The van der Waals surface area contributed by atoms with Crippen LogP contribution in [0.3, 0.4) is 0 Å². The van der Waals surface area contributed by atoms with E-state index >= 15 is 0 Å². The van der Waals surface area contributed by atoms with Crippen molar-refractivity contribution in [2.24, 2.45) is 0 Å². The number of carbonyl (C=O) groups is 2. The normalized spacial score (nSPS) is 19.0. The van der Waals surface area contributed by atoms with Gasteiger partial charge >= 0.3 is 6.03 Å². The first kappa shape index (κ1) is 23.2. The number of aliphatic hydroxyl groups is 1. The van der Waals surface area contributed by atoms with Crippen LogP contribution in [-0.4, -0.2) is 84.8 Å². The molecular formula is C25H33N5O3. The molecule has 0 saturated carbocycles. The van der Waals surface area contributed by atoms with E-state index in [2.05, 4.69) is 20.9 Å². The minimum atomic E-state index is -0.488. The number of β-amino-alcohol motifs (C(OH)–C–C–N with tert-alkyl or cyclic N) is 1. The third-order valence-electron chi connectivity index (χ3n) is 6.24. The van der Waals surface area contributed by atoms with E-state index in [0.717, 1.165) is 49.3 Å². The van der Waals surface area contributed by atoms with Gasteiger partial charge in [-0.25, -0.2) is 4.79 Å². The lowest BCUT2D eigenvalue weighted by atomic mass is 10.0. The fourth-order valence-electron chi connectivity index (χ4n) is 4.57. The van der Waals surface area contributed by atoms with Crippen molar-refractivity contribution in [3.05, 3.63) is 54.6 Å². The molecule has 4 N–H and O–H groups in total. The molecule has 0 bridgehead atoms. The predicted octanol–water partition coefficient (Wildman–Crippen LogP) is 1.73. The second-order valence-corrected chi connectivity index (χ2v) is 8.82. The van der Waals surface area contributed by atoms with Gasteiger partial charge in [-0.1, -0.05) is 48.5 Å². The van der Waals surface area contributed by atoms with E-state index in [0.29, 0.717) is 26.2 Å². The summed E-state index contributed by atoms with van der Waals surface area (Å²) in [5.74, 6) is 0.0185. The fraction of sp³-hybridized carbons (Fsp3) is 0.440. The number of hydrogen-bond acceptors (Lipinski definition) is 5. The third kappa shape index (κ3) is 6.77. The summed E-state index contributed by atoms with van der Waals surface area (Å²) in [5, 5.41) is 19.3. The zero-order valence-corrected chi connectivity index (χ0v) is 18.9. The first-order chi connectivity index (χ1) is 16.1. The molecule has 2 aromatic rings. The maximum absolute atomic E-state index is 12.7. The highest BCUT2D eigenvalue weighted by Gasteiger charge is 2.24. The Balaban J connectivity index is 1.21. The quantitative estimate of drug-likeness (QED) is 0.514. The number of likely N-dealkylation sites (tertiary alicyclic amines) is 1. The number of benzene rings is 2. The summed E-state index contributed by atoms with van der Waals surface area (Å²) in [4.78, 5) is 28.4. The SMILES string of the molecule is O=C1CN(CC(O)CN2CCC(NC(=O)Nc3ccccc3-c3ccccc3)CC2)CCN1. The van der Waals surface area contributed by atoms with Gasteiger partial charge in [0.15, 0.2) is 0 Å². The summed E-state index contributed by atoms with van der Waals surface area (Å²) in [6, 6.07) is 17.7. The Kier molecular flexibility index (Phi) is 7.93. The molecule has 0 aromatic heterocycles. The summed E-state index contributed by atoms with van der Waals surface area (Å²) < 4.78 is 0. The van der Waals surface area contributed by atoms with E-state index < -0.39 is 6.10 Å². The number of carbonyl (C=O) groups excluding carboxylic acids is 2. The van der Waals surface area contributed by atoms with Gasteiger partial charge in [0.1, 0.15) is 0 Å². The van der Waals surface area contributed by atoms with Gasteiger partial charge in [-0.15, -0.1) is 0 Å². The third-order valence-corrected chi connectivity index (χ3v) is 6.24. The Labute approximate surface area is 195 Å². The molecule has 3 amide bonds. The number of piperazine rings is 1. The molecule has 0 aliphatic carbocycles. The zero-order valence-electron chi connectivity index (χ0n) is 18.9. The molecular weight excluding hydrogens is 418 g/mol. The molecule has 1 unspecified atom stereocenters. The highest BCUT2D eigenvalue weighted by Crippen LogP contribution is 2.27. The number of urea groups is 1. The monoisotopic (exact) mass is 451 g/mol. The minimum Gasteiger partial charge on any atom is -0.390 e. The van der Waals surface area contributed by atoms with Crippen LogP contribution in [-0.2, 0) is 4.79 Å². The molecule has 1 atom stereocenters. The van der Waals surface area contributed by atoms with Gasteiger partial charge in [-0.2, -0.15) is 0 Å². The topological polar surface area (TPSA) is 96.9 Å². The van der Waals surface area contributed by atoms with Crippen LogP contribution in [0, 0.1) is 0 Å². The number of anilines is 1. The molecule has 0 spiro atoms. The van der Waals surface area contributed by atoms with Crippen molar-refractivity contribution in [2.75, 3.05) is 51.1 Å². The van der Waals surface area contributed by atoms with Crippen LogP contribution < -0.4 is 16.0 Å². The van der Waals surface area contributed by atoms with Gasteiger partial charge in [-0.3, -0.25) is 9.69 Å².